The van der Waals surface area contributed by atoms with Crippen LogP contribution in [0.5, 0.6) is 0 Å². The molecule has 124 valence electrons. The van der Waals surface area contributed by atoms with Gasteiger partial charge in [0.05, 0.1) is 21.6 Å². The van der Waals surface area contributed by atoms with Gasteiger partial charge >= 0.3 is 0 Å². The van der Waals surface area contributed by atoms with Crippen LogP contribution in [0.3, 0.4) is 0 Å². The Labute approximate surface area is 165 Å². The first kappa shape index (κ1) is 16.5. The lowest BCUT2D eigenvalue weighted by Gasteiger charge is -2.14. The molecule has 0 spiro atoms. The third kappa shape index (κ3) is 2.92. The first-order chi connectivity index (χ1) is 12.0. The maximum Gasteiger partial charge on any atom is 0.267 e. The Morgan fingerprint density at radius 1 is 1.08 bits per heavy atom. The fraction of sp³-hybridized carbons (Fsp3) is 0. The van der Waals surface area contributed by atoms with Crippen molar-refractivity contribution < 1.29 is 0 Å². The van der Waals surface area contributed by atoms with E-state index in [-0.39, 0.29) is 5.56 Å². The molecule has 0 saturated carbocycles. The molecule has 0 N–H and O–H groups in total. The van der Waals surface area contributed by atoms with Gasteiger partial charge in [0.2, 0.25) is 5.95 Å². The minimum Gasteiger partial charge on any atom is -0.268 e. The SMILES string of the molecule is O=c1c2cc(I)ccc2nc(-n2cncn2)n1-c1ccc(Cl)cc1Cl. The zero-order chi connectivity index (χ0) is 17.6. The summed E-state index contributed by atoms with van der Waals surface area (Å²) >= 11 is 14.5. The third-order valence-corrected chi connectivity index (χ3v) is 4.80. The summed E-state index contributed by atoms with van der Waals surface area (Å²) in [5, 5.41) is 5.40. The number of nitrogens with zero attached hydrogens (tertiary/aromatic N) is 5. The minimum atomic E-state index is -0.252. The van der Waals surface area contributed by atoms with Crippen molar-refractivity contribution in [1.82, 2.24) is 24.3 Å². The second-order valence-corrected chi connectivity index (χ2v) is 7.24. The second kappa shape index (κ2) is 6.40. The van der Waals surface area contributed by atoms with Crippen molar-refractivity contribution in [2.45, 2.75) is 0 Å². The van der Waals surface area contributed by atoms with E-state index in [1.54, 1.807) is 30.3 Å². The molecule has 4 aromatic rings. The maximum atomic E-state index is 13.2. The van der Waals surface area contributed by atoms with Crippen LogP contribution in [0.1, 0.15) is 0 Å². The Bertz CT molecular complexity index is 1160. The highest BCUT2D eigenvalue weighted by molar-refractivity contribution is 14.1. The molecule has 9 heteroatoms. The molecular formula is C16H8Cl2IN5O. The van der Waals surface area contributed by atoms with E-state index in [9.17, 15) is 4.79 Å². The van der Waals surface area contributed by atoms with Gasteiger partial charge in [-0.1, -0.05) is 23.2 Å². The average molecular weight is 484 g/mol. The van der Waals surface area contributed by atoms with Gasteiger partial charge < -0.3 is 0 Å². The molecule has 0 aliphatic heterocycles. The number of fused-ring (bicyclic) bond motifs is 1. The first-order valence-corrected chi connectivity index (χ1v) is 8.91. The molecule has 6 nitrogen and oxygen atoms in total. The number of rotatable bonds is 2. The zero-order valence-corrected chi connectivity index (χ0v) is 16.1. The summed E-state index contributed by atoms with van der Waals surface area (Å²) in [5.41, 5.74) is 0.783. The predicted octanol–water partition coefficient (Wildman–Crippen LogP) is 3.88. The highest BCUT2D eigenvalue weighted by atomic mass is 127. The quantitative estimate of drug-likeness (QED) is 0.406. The van der Waals surface area contributed by atoms with Crippen LogP contribution in [0.25, 0.3) is 22.5 Å². The van der Waals surface area contributed by atoms with Gasteiger partial charge in [0.25, 0.3) is 5.56 Å². The van der Waals surface area contributed by atoms with Crippen LogP contribution in [0.4, 0.5) is 0 Å². The molecule has 2 heterocycles. The van der Waals surface area contributed by atoms with Gasteiger partial charge in [0.1, 0.15) is 12.7 Å². The lowest BCUT2D eigenvalue weighted by Crippen LogP contribution is -2.25. The molecular weight excluding hydrogens is 476 g/mol. The molecule has 0 aliphatic rings. The van der Waals surface area contributed by atoms with E-state index in [1.165, 1.54) is 21.9 Å². The zero-order valence-electron chi connectivity index (χ0n) is 12.4. The molecule has 0 unspecified atom stereocenters. The van der Waals surface area contributed by atoms with Crippen LogP contribution in [0, 0.1) is 3.57 Å². The van der Waals surface area contributed by atoms with Crippen LogP contribution in [0.2, 0.25) is 10.0 Å². The number of halogens is 3. The van der Waals surface area contributed by atoms with E-state index in [0.717, 1.165) is 3.57 Å². The highest BCUT2D eigenvalue weighted by Crippen LogP contribution is 2.26. The molecule has 0 fully saturated rings. The summed E-state index contributed by atoms with van der Waals surface area (Å²) in [7, 11) is 0. The Morgan fingerprint density at radius 2 is 1.92 bits per heavy atom. The fourth-order valence-corrected chi connectivity index (χ4v) is 3.48. The van der Waals surface area contributed by atoms with E-state index in [0.29, 0.717) is 32.6 Å². The minimum absolute atomic E-state index is 0.252. The van der Waals surface area contributed by atoms with Crippen LogP contribution in [-0.2, 0) is 0 Å². The van der Waals surface area contributed by atoms with Gasteiger partial charge in [0.15, 0.2) is 0 Å². The fourth-order valence-electron chi connectivity index (χ4n) is 2.49. The Kier molecular flexibility index (Phi) is 4.22. The van der Waals surface area contributed by atoms with Gasteiger partial charge in [-0.05, 0) is 59.0 Å². The number of aromatic nitrogens is 5. The van der Waals surface area contributed by atoms with Crippen LogP contribution >= 0.6 is 45.8 Å². The molecule has 0 radical (unpaired) electrons. The Balaban J connectivity index is 2.15. The monoisotopic (exact) mass is 483 g/mol. The topological polar surface area (TPSA) is 65.6 Å². The van der Waals surface area contributed by atoms with E-state index in [4.69, 9.17) is 23.2 Å². The first-order valence-electron chi connectivity index (χ1n) is 7.07. The number of benzene rings is 2. The van der Waals surface area contributed by atoms with E-state index >= 15 is 0 Å². The van der Waals surface area contributed by atoms with Crippen molar-refractivity contribution in [3.63, 3.8) is 0 Å². The summed E-state index contributed by atoms with van der Waals surface area (Å²) < 4.78 is 3.77. The Morgan fingerprint density at radius 3 is 2.64 bits per heavy atom. The van der Waals surface area contributed by atoms with Crippen molar-refractivity contribution in [2.75, 3.05) is 0 Å². The van der Waals surface area contributed by atoms with Gasteiger partial charge in [-0.2, -0.15) is 9.78 Å². The highest BCUT2D eigenvalue weighted by Gasteiger charge is 2.17. The Hall–Kier alpha value is -1.97. The van der Waals surface area contributed by atoms with E-state index < -0.39 is 0 Å². The van der Waals surface area contributed by atoms with Gasteiger partial charge in [-0.25, -0.2) is 14.5 Å². The van der Waals surface area contributed by atoms with E-state index in [1.807, 2.05) is 6.07 Å². The van der Waals surface area contributed by atoms with Crippen LogP contribution in [0.15, 0.2) is 53.8 Å². The van der Waals surface area contributed by atoms with Crippen molar-refractivity contribution in [3.8, 4) is 11.6 Å². The van der Waals surface area contributed by atoms with Crippen LogP contribution in [-0.4, -0.2) is 24.3 Å². The van der Waals surface area contributed by atoms with Crippen molar-refractivity contribution >= 4 is 56.7 Å². The summed E-state index contributed by atoms with van der Waals surface area (Å²) in [4.78, 5) is 21.7. The molecule has 0 saturated heterocycles. The van der Waals surface area contributed by atoms with Crippen molar-refractivity contribution in [2.24, 2.45) is 0 Å². The maximum absolute atomic E-state index is 13.2. The molecule has 0 amide bonds. The molecule has 2 aromatic carbocycles. The molecule has 0 atom stereocenters. The summed E-state index contributed by atoms with van der Waals surface area (Å²) in [6.07, 6.45) is 2.85. The molecule has 25 heavy (non-hydrogen) atoms. The van der Waals surface area contributed by atoms with Crippen LogP contribution < -0.4 is 5.56 Å². The lowest BCUT2D eigenvalue weighted by molar-refractivity contribution is 0.761. The number of hydrogen-bond acceptors (Lipinski definition) is 4. The summed E-state index contributed by atoms with van der Waals surface area (Å²) in [6.45, 7) is 0. The summed E-state index contributed by atoms with van der Waals surface area (Å²) in [5.74, 6) is 0.292. The average Bonchev–Trinajstić information content (AvgIpc) is 3.11. The smallest absolute Gasteiger partial charge is 0.267 e. The number of hydrogen-bond donors (Lipinski definition) is 0. The largest absolute Gasteiger partial charge is 0.268 e. The molecule has 2 aromatic heterocycles. The van der Waals surface area contributed by atoms with Crippen molar-refractivity contribution in [1.29, 1.82) is 0 Å². The molecule has 4 rings (SSSR count). The van der Waals surface area contributed by atoms with E-state index in [2.05, 4.69) is 37.7 Å². The third-order valence-electron chi connectivity index (χ3n) is 3.59. The lowest BCUT2D eigenvalue weighted by atomic mass is 10.2. The standard InChI is InChI=1S/C16H8Cl2IN5O/c17-9-1-4-14(12(18)5-9)24-15(25)11-6-10(19)2-3-13(11)22-16(24)23-8-20-7-21-23/h1-8H. The van der Waals surface area contributed by atoms with Crippen molar-refractivity contribution in [3.05, 3.63) is 73.0 Å². The summed E-state index contributed by atoms with van der Waals surface area (Å²) in [6, 6.07) is 10.4. The van der Waals surface area contributed by atoms with Gasteiger partial charge in [-0.3, -0.25) is 4.79 Å². The molecule has 0 bridgehead atoms. The second-order valence-electron chi connectivity index (χ2n) is 5.15. The normalized spacial score (nSPS) is 11.2. The van der Waals surface area contributed by atoms with Gasteiger partial charge in [0, 0.05) is 8.59 Å². The van der Waals surface area contributed by atoms with Gasteiger partial charge in [-0.15, -0.1) is 0 Å². The predicted molar refractivity (Wildman–Crippen MR) is 105 cm³/mol. The molecule has 0 aliphatic carbocycles.